The van der Waals surface area contributed by atoms with Crippen molar-refractivity contribution >= 4 is 17.3 Å². The van der Waals surface area contributed by atoms with E-state index >= 15 is 0 Å². The van der Waals surface area contributed by atoms with Crippen LogP contribution in [0.5, 0.6) is 0 Å². The molecule has 0 aromatic carbocycles. The number of carbonyl (C=O) groups excluding carboxylic acids is 3. The van der Waals surface area contributed by atoms with Crippen molar-refractivity contribution in [3.8, 4) is 0 Å². The van der Waals surface area contributed by atoms with Crippen molar-refractivity contribution in [1.29, 1.82) is 0 Å². The topological polar surface area (TPSA) is 51.2 Å². The first-order valence-electron chi connectivity index (χ1n) is 4.86. The molecule has 1 aliphatic rings. The largest absolute Gasteiger partial charge is 0.299 e. The highest BCUT2D eigenvalue weighted by Gasteiger charge is 2.22. The maximum atomic E-state index is 11.2. The molecule has 1 atom stereocenters. The average Bonchev–Trinajstić information content (AvgIpc) is 2.16. The Morgan fingerprint density at radius 1 is 1.13 bits per heavy atom. The monoisotopic (exact) mass is 206 g/mol. The molecular formula is C12H14O3. The lowest BCUT2D eigenvalue weighted by Gasteiger charge is -2.17. The Bertz CT molecular complexity index is 386. The lowest BCUT2D eigenvalue weighted by molar-refractivity contribution is -0.119. The summed E-state index contributed by atoms with van der Waals surface area (Å²) < 4.78 is 0. The Balaban J connectivity index is 3.07. The molecular weight excluding hydrogens is 192 g/mol. The van der Waals surface area contributed by atoms with Gasteiger partial charge in [-0.25, -0.2) is 0 Å². The third-order valence-electron chi connectivity index (χ3n) is 2.53. The molecule has 3 nitrogen and oxygen atoms in total. The first kappa shape index (κ1) is 11.6. The summed E-state index contributed by atoms with van der Waals surface area (Å²) in [6, 6.07) is 0. The van der Waals surface area contributed by atoms with Gasteiger partial charge in [-0.2, -0.15) is 0 Å². The van der Waals surface area contributed by atoms with Crippen molar-refractivity contribution in [2.75, 3.05) is 0 Å². The minimum absolute atomic E-state index is 0.0133. The fourth-order valence-corrected chi connectivity index (χ4v) is 1.53. The van der Waals surface area contributed by atoms with Gasteiger partial charge in [0, 0.05) is 11.5 Å². The lowest BCUT2D eigenvalue weighted by Crippen LogP contribution is -2.17. The molecule has 0 fully saturated rings. The number of hydrogen-bond acceptors (Lipinski definition) is 3. The quantitative estimate of drug-likeness (QED) is 0.705. The summed E-state index contributed by atoms with van der Waals surface area (Å²) >= 11 is 0. The van der Waals surface area contributed by atoms with Crippen LogP contribution in [-0.2, 0) is 14.4 Å². The van der Waals surface area contributed by atoms with Crippen LogP contribution in [0.3, 0.4) is 0 Å². The molecule has 1 unspecified atom stereocenters. The number of hydrogen-bond donors (Lipinski definition) is 0. The highest BCUT2D eigenvalue weighted by molar-refractivity contribution is 6.02. The number of allylic oxidation sites excluding steroid dienone is 4. The van der Waals surface area contributed by atoms with Crippen LogP contribution in [0, 0.1) is 5.92 Å². The van der Waals surface area contributed by atoms with Gasteiger partial charge in [0.05, 0.1) is 0 Å². The maximum Gasteiger partial charge on any atom is 0.159 e. The van der Waals surface area contributed by atoms with Crippen molar-refractivity contribution in [3.05, 3.63) is 23.3 Å². The van der Waals surface area contributed by atoms with E-state index in [1.807, 2.05) is 0 Å². The second-order valence-corrected chi connectivity index (χ2v) is 3.83. The van der Waals surface area contributed by atoms with Gasteiger partial charge in [-0.1, -0.05) is 6.08 Å². The molecule has 0 heterocycles. The van der Waals surface area contributed by atoms with Crippen LogP contribution in [0.15, 0.2) is 23.3 Å². The van der Waals surface area contributed by atoms with Gasteiger partial charge in [0.2, 0.25) is 0 Å². The van der Waals surface area contributed by atoms with Gasteiger partial charge >= 0.3 is 0 Å². The van der Waals surface area contributed by atoms with Gasteiger partial charge in [0.25, 0.3) is 0 Å². The molecule has 0 saturated heterocycles. The van der Waals surface area contributed by atoms with Crippen LogP contribution in [0.25, 0.3) is 0 Å². The highest BCUT2D eigenvalue weighted by atomic mass is 16.1. The van der Waals surface area contributed by atoms with Crippen LogP contribution in [0.1, 0.15) is 27.2 Å². The molecule has 0 amide bonds. The van der Waals surface area contributed by atoms with Crippen molar-refractivity contribution in [2.45, 2.75) is 27.2 Å². The smallest absolute Gasteiger partial charge is 0.159 e. The third-order valence-corrected chi connectivity index (χ3v) is 2.53. The van der Waals surface area contributed by atoms with E-state index in [1.54, 1.807) is 12.2 Å². The molecule has 1 rings (SSSR count). The van der Waals surface area contributed by atoms with Gasteiger partial charge < -0.3 is 0 Å². The molecule has 0 radical (unpaired) electrons. The maximum absolute atomic E-state index is 11.2. The zero-order valence-electron chi connectivity index (χ0n) is 9.16. The van der Waals surface area contributed by atoms with E-state index in [2.05, 4.69) is 0 Å². The van der Waals surface area contributed by atoms with Crippen LogP contribution in [-0.4, -0.2) is 17.3 Å². The Hall–Kier alpha value is -1.51. The molecule has 0 bridgehead atoms. The summed E-state index contributed by atoms with van der Waals surface area (Å²) in [5.74, 6) is -0.527. The Labute approximate surface area is 88.9 Å². The lowest BCUT2D eigenvalue weighted by atomic mass is 9.85. The van der Waals surface area contributed by atoms with Crippen LogP contribution >= 0.6 is 0 Å². The predicted molar refractivity (Wildman–Crippen MR) is 56.3 cm³/mol. The first-order chi connectivity index (χ1) is 6.91. The van der Waals surface area contributed by atoms with Crippen LogP contribution in [0.4, 0.5) is 0 Å². The summed E-state index contributed by atoms with van der Waals surface area (Å²) in [6.07, 6.45) is 3.66. The fraction of sp³-hybridized carbons (Fsp3) is 0.417. The molecule has 1 aliphatic carbocycles. The van der Waals surface area contributed by atoms with Gasteiger partial charge in [-0.15, -0.1) is 0 Å². The normalized spacial score (nSPS) is 20.3. The molecule has 15 heavy (non-hydrogen) atoms. The third kappa shape index (κ3) is 2.72. The minimum atomic E-state index is -0.326. The molecule has 0 aromatic heterocycles. The standard InChI is InChI=1S/C12H14O3/c1-7(13)10-4-11(8(2)14)6-12(5-10)9(3)15/h4-5,11H,6H2,1-3H3. The van der Waals surface area contributed by atoms with Gasteiger partial charge in [-0.05, 0) is 38.8 Å². The van der Waals surface area contributed by atoms with Crippen molar-refractivity contribution in [3.63, 3.8) is 0 Å². The Kier molecular flexibility index (Phi) is 3.35. The Morgan fingerprint density at radius 2 is 1.73 bits per heavy atom. The molecule has 0 aliphatic heterocycles. The van der Waals surface area contributed by atoms with Crippen LogP contribution < -0.4 is 0 Å². The van der Waals surface area contributed by atoms with Crippen LogP contribution in [0.2, 0.25) is 0 Å². The number of Topliss-reactive ketones (excluding diaryl/α,β-unsaturated/α-hetero) is 3. The van der Waals surface area contributed by atoms with Gasteiger partial charge in [-0.3, -0.25) is 14.4 Å². The molecule has 0 N–H and O–H groups in total. The average molecular weight is 206 g/mol. The van der Waals surface area contributed by atoms with Crippen molar-refractivity contribution in [2.24, 2.45) is 5.92 Å². The molecule has 0 spiro atoms. The number of carbonyl (C=O) groups is 3. The number of rotatable bonds is 3. The molecule has 80 valence electrons. The highest BCUT2D eigenvalue weighted by Crippen LogP contribution is 2.24. The van der Waals surface area contributed by atoms with E-state index in [0.29, 0.717) is 17.6 Å². The summed E-state index contributed by atoms with van der Waals surface area (Å²) in [5, 5.41) is 0. The predicted octanol–water partition coefficient (Wildman–Crippen LogP) is 1.63. The second kappa shape index (κ2) is 4.34. The summed E-state index contributed by atoms with van der Waals surface area (Å²) in [6.45, 7) is 4.36. The summed E-state index contributed by atoms with van der Waals surface area (Å²) in [7, 11) is 0. The zero-order chi connectivity index (χ0) is 11.6. The van der Waals surface area contributed by atoms with E-state index < -0.39 is 0 Å². The molecule has 3 heteroatoms. The zero-order valence-corrected chi connectivity index (χ0v) is 9.16. The fourth-order valence-electron chi connectivity index (χ4n) is 1.53. The first-order valence-corrected chi connectivity index (χ1v) is 4.86. The van der Waals surface area contributed by atoms with E-state index in [-0.39, 0.29) is 23.3 Å². The van der Waals surface area contributed by atoms with E-state index in [1.165, 1.54) is 20.8 Å². The molecule has 0 aromatic rings. The summed E-state index contributed by atoms with van der Waals surface area (Å²) in [4.78, 5) is 33.7. The van der Waals surface area contributed by atoms with Gasteiger partial charge in [0.15, 0.2) is 11.6 Å². The van der Waals surface area contributed by atoms with Gasteiger partial charge in [0.1, 0.15) is 5.78 Å². The molecule has 0 saturated carbocycles. The second-order valence-electron chi connectivity index (χ2n) is 3.83. The Morgan fingerprint density at radius 3 is 2.13 bits per heavy atom. The van der Waals surface area contributed by atoms with Crippen molar-refractivity contribution < 1.29 is 14.4 Å². The van der Waals surface area contributed by atoms with Crippen molar-refractivity contribution in [1.82, 2.24) is 0 Å². The SMILES string of the molecule is CC(=O)C1=CC(C(C)=O)CC(C(C)=O)=C1. The van der Waals surface area contributed by atoms with E-state index in [4.69, 9.17) is 0 Å². The summed E-state index contributed by atoms with van der Waals surface area (Å²) in [5.41, 5.74) is 1.02. The minimum Gasteiger partial charge on any atom is -0.299 e. The number of ketones is 3. The van der Waals surface area contributed by atoms with E-state index in [0.717, 1.165) is 0 Å². The van der Waals surface area contributed by atoms with E-state index in [9.17, 15) is 14.4 Å².